The fourth-order valence-corrected chi connectivity index (χ4v) is 5.17. The van der Waals surface area contributed by atoms with Gasteiger partial charge in [-0.05, 0) is 89.6 Å². The number of phenols is 1. The van der Waals surface area contributed by atoms with Gasteiger partial charge in [-0.2, -0.15) is 11.8 Å². The summed E-state index contributed by atoms with van der Waals surface area (Å²) in [5.41, 5.74) is 4.34. The molecular weight excluding hydrogens is 396 g/mol. The number of fused-ring (bicyclic) bond motifs is 1. The van der Waals surface area contributed by atoms with Gasteiger partial charge < -0.3 is 5.11 Å². The highest BCUT2D eigenvalue weighted by molar-refractivity contribution is 7.99. The first-order valence-electron chi connectivity index (χ1n) is 12.1. The molecule has 0 fully saturated rings. The first-order valence-corrected chi connectivity index (χ1v) is 13.3. The van der Waals surface area contributed by atoms with Gasteiger partial charge in [0.15, 0.2) is 0 Å². The molecule has 0 radical (unpaired) electrons. The summed E-state index contributed by atoms with van der Waals surface area (Å²) >= 11 is 2.11. The quantitative estimate of drug-likeness (QED) is 0.257. The lowest BCUT2D eigenvalue weighted by atomic mass is 9.98. The van der Waals surface area contributed by atoms with Crippen molar-refractivity contribution in [2.24, 2.45) is 0 Å². The van der Waals surface area contributed by atoms with E-state index in [2.05, 4.69) is 61.2 Å². The fourth-order valence-electron chi connectivity index (χ4n) is 4.17. The monoisotopic (exact) mass is 434 g/mol. The van der Waals surface area contributed by atoms with Crippen LogP contribution in [0.2, 0.25) is 0 Å². The summed E-state index contributed by atoms with van der Waals surface area (Å²) in [6, 6.07) is 21.4. The molecule has 1 N–H and O–H groups in total. The highest BCUT2D eigenvalue weighted by Gasteiger charge is 2.02. The van der Waals surface area contributed by atoms with Crippen molar-refractivity contribution in [2.75, 3.05) is 11.5 Å². The van der Waals surface area contributed by atoms with E-state index < -0.39 is 0 Å². The molecule has 0 spiro atoms. The maximum atomic E-state index is 9.68. The molecule has 0 aliphatic carbocycles. The lowest BCUT2D eigenvalue weighted by Gasteiger charge is -2.08. The molecule has 0 heterocycles. The number of benzene rings is 3. The van der Waals surface area contributed by atoms with Crippen molar-refractivity contribution in [1.82, 2.24) is 0 Å². The summed E-state index contributed by atoms with van der Waals surface area (Å²) in [5, 5.41) is 12.1. The van der Waals surface area contributed by atoms with E-state index in [-0.39, 0.29) is 0 Å². The van der Waals surface area contributed by atoms with Crippen LogP contribution >= 0.6 is 11.8 Å². The van der Waals surface area contributed by atoms with Crippen molar-refractivity contribution in [3.05, 3.63) is 77.4 Å². The van der Waals surface area contributed by atoms with Crippen molar-refractivity contribution >= 4 is 22.5 Å². The fraction of sp³-hybridized carbons (Fsp3) is 0.448. The summed E-state index contributed by atoms with van der Waals surface area (Å²) < 4.78 is 0. The first-order chi connectivity index (χ1) is 15.3. The van der Waals surface area contributed by atoms with E-state index in [9.17, 15) is 5.11 Å². The van der Waals surface area contributed by atoms with Crippen molar-refractivity contribution in [1.29, 1.82) is 0 Å². The molecule has 0 atom stereocenters. The molecule has 3 aromatic carbocycles. The maximum absolute atomic E-state index is 9.68. The van der Waals surface area contributed by atoms with E-state index in [0.717, 1.165) is 11.8 Å². The first kappa shape index (κ1) is 23.7. The summed E-state index contributed by atoms with van der Waals surface area (Å²) in [5.74, 6) is 2.91. The summed E-state index contributed by atoms with van der Waals surface area (Å²) in [6.07, 6.45) is 12.7. The number of unbranched alkanes of at least 4 members (excludes halogenated alkanes) is 5. The zero-order valence-electron chi connectivity index (χ0n) is 19.1. The Kier molecular flexibility index (Phi) is 10.3. The molecule has 0 aliphatic rings. The number of aromatic hydroxyl groups is 1. The van der Waals surface area contributed by atoms with Gasteiger partial charge in [0.25, 0.3) is 0 Å². The van der Waals surface area contributed by atoms with E-state index in [1.54, 1.807) is 6.07 Å². The summed E-state index contributed by atoms with van der Waals surface area (Å²) in [7, 11) is 0. The Balaban J connectivity index is 1.31. The molecule has 0 amide bonds. The minimum absolute atomic E-state index is 0.344. The Morgan fingerprint density at radius 1 is 0.677 bits per heavy atom. The molecule has 3 rings (SSSR count). The van der Waals surface area contributed by atoms with Gasteiger partial charge in [-0.25, -0.2) is 0 Å². The second kappa shape index (κ2) is 13.5. The molecule has 31 heavy (non-hydrogen) atoms. The SMILES string of the molecule is CCCCCCSCCc1ccc(CCCCCc2cccc3cc(O)ccc23)cc1. The Hall–Kier alpha value is -1.93. The van der Waals surface area contributed by atoms with Gasteiger partial charge in [0.2, 0.25) is 0 Å². The average molecular weight is 435 g/mol. The van der Waals surface area contributed by atoms with Gasteiger partial charge >= 0.3 is 0 Å². The maximum Gasteiger partial charge on any atom is 0.116 e. The van der Waals surface area contributed by atoms with Gasteiger partial charge in [0.1, 0.15) is 5.75 Å². The van der Waals surface area contributed by atoms with Crippen molar-refractivity contribution < 1.29 is 5.11 Å². The molecule has 0 saturated carbocycles. The van der Waals surface area contributed by atoms with Crippen molar-refractivity contribution in [3.63, 3.8) is 0 Å². The van der Waals surface area contributed by atoms with E-state index in [0.29, 0.717) is 5.75 Å². The molecular formula is C29H38OS. The normalized spacial score (nSPS) is 11.3. The zero-order chi connectivity index (χ0) is 21.7. The Labute approximate surface area is 193 Å². The minimum atomic E-state index is 0.344. The van der Waals surface area contributed by atoms with Crippen LogP contribution in [0.3, 0.4) is 0 Å². The van der Waals surface area contributed by atoms with Crippen LogP contribution in [0.4, 0.5) is 0 Å². The van der Waals surface area contributed by atoms with Crippen molar-refractivity contribution in [3.8, 4) is 5.75 Å². The number of phenolic OH excluding ortho intramolecular Hbond substituents is 1. The van der Waals surface area contributed by atoms with Gasteiger partial charge in [-0.1, -0.05) is 81.1 Å². The predicted octanol–water partition coefficient (Wildman–Crippen LogP) is 8.36. The topological polar surface area (TPSA) is 20.2 Å². The van der Waals surface area contributed by atoms with Gasteiger partial charge in [0, 0.05) is 0 Å². The molecule has 0 saturated heterocycles. The van der Waals surface area contributed by atoms with Crippen LogP contribution in [-0.4, -0.2) is 16.6 Å². The molecule has 2 heteroatoms. The van der Waals surface area contributed by atoms with Crippen LogP contribution in [0.25, 0.3) is 10.8 Å². The Morgan fingerprint density at radius 3 is 2.23 bits per heavy atom. The third-order valence-corrected chi connectivity index (χ3v) is 7.14. The van der Waals surface area contributed by atoms with E-state index in [4.69, 9.17) is 0 Å². The summed E-state index contributed by atoms with van der Waals surface area (Å²) in [6.45, 7) is 2.27. The van der Waals surface area contributed by atoms with Crippen molar-refractivity contribution in [2.45, 2.75) is 71.1 Å². The molecule has 0 bridgehead atoms. The van der Waals surface area contributed by atoms with E-state index in [1.165, 1.54) is 91.4 Å². The molecule has 0 aromatic heterocycles. The lowest BCUT2D eigenvalue weighted by Crippen LogP contribution is -1.93. The average Bonchev–Trinajstić information content (AvgIpc) is 2.79. The van der Waals surface area contributed by atoms with Gasteiger partial charge in [-0.15, -0.1) is 0 Å². The minimum Gasteiger partial charge on any atom is -0.508 e. The molecule has 166 valence electrons. The second-order valence-corrected chi connectivity index (χ2v) is 9.85. The molecule has 0 unspecified atom stereocenters. The van der Waals surface area contributed by atoms with Crippen LogP contribution in [0, 0.1) is 0 Å². The van der Waals surface area contributed by atoms with Crippen LogP contribution < -0.4 is 0 Å². The highest BCUT2D eigenvalue weighted by Crippen LogP contribution is 2.24. The van der Waals surface area contributed by atoms with Gasteiger partial charge in [0.05, 0.1) is 0 Å². The molecule has 0 aliphatic heterocycles. The Morgan fingerprint density at radius 2 is 1.42 bits per heavy atom. The van der Waals surface area contributed by atoms with Crippen LogP contribution in [-0.2, 0) is 19.3 Å². The standard InChI is InChI=1S/C29H38OS/c1-2-3-4-8-21-31-22-20-25-16-14-24(15-17-25)10-6-5-7-11-26-12-9-13-27-23-28(30)18-19-29(26)27/h9,12-19,23,30H,2-8,10-11,20-22H2,1H3. The Bertz CT molecular complexity index is 900. The molecule has 1 nitrogen and oxygen atoms in total. The van der Waals surface area contributed by atoms with Crippen LogP contribution in [0.5, 0.6) is 5.75 Å². The van der Waals surface area contributed by atoms with E-state index >= 15 is 0 Å². The number of thioether (sulfide) groups is 1. The number of hydrogen-bond acceptors (Lipinski definition) is 2. The largest absolute Gasteiger partial charge is 0.508 e. The number of rotatable bonds is 14. The third-order valence-electron chi connectivity index (χ3n) is 6.07. The predicted molar refractivity (Wildman–Crippen MR) is 138 cm³/mol. The zero-order valence-corrected chi connectivity index (χ0v) is 19.9. The third kappa shape index (κ3) is 8.26. The highest BCUT2D eigenvalue weighted by atomic mass is 32.2. The lowest BCUT2D eigenvalue weighted by molar-refractivity contribution is 0.476. The number of hydrogen-bond donors (Lipinski definition) is 1. The number of aryl methyl sites for hydroxylation is 3. The van der Waals surface area contributed by atoms with E-state index in [1.807, 2.05) is 12.1 Å². The molecule has 3 aromatic rings. The smallest absolute Gasteiger partial charge is 0.116 e. The van der Waals surface area contributed by atoms with Gasteiger partial charge in [-0.3, -0.25) is 0 Å². The van der Waals surface area contributed by atoms with Crippen LogP contribution in [0.15, 0.2) is 60.7 Å². The second-order valence-electron chi connectivity index (χ2n) is 8.62. The van der Waals surface area contributed by atoms with Crippen LogP contribution in [0.1, 0.15) is 68.6 Å². The summed E-state index contributed by atoms with van der Waals surface area (Å²) in [4.78, 5) is 0.